The molecule has 0 saturated heterocycles. The van der Waals surface area contributed by atoms with Gasteiger partial charge in [-0.05, 0) is 57.6 Å². The molecule has 0 aromatic heterocycles. The number of benzene rings is 6. The van der Waals surface area contributed by atoms with Crippen LogP contribution in [0.1, 0.15) is 33.4 Å². The smallest absolute Gasteiger partial charge is 0.243 e. The first-order valence-electron chi connectivity index (χ1n) is 16.4. The Morgan fingerprint density at radius 1 is 0.412 bits per heavy atom. The van der Waals surface area contributed by atoms with Gasteiger partial charge in [-0.25, -0.2) is 16.8 Å². The number of rotatable bonds is 12. The Labute approximate surface area is 298 Å². The lowest BCUT2D eigenvalue weighted by molar-refractivity contribution is 0.320. The van der Waals surface area contributed by atoms with Gasteiger partial charge in [-0.15, -0.1) is 0 Å². The third-order valence-corrected chi connectivity index (χ3v) is 12.5. The SMILES string of the molecule is O=S(=O)(c1ccc2c(c1)C(=NO)c1cc(S(=O)(=O)N(Cc3ccccc3)Cc3ccccc3)ccc1-2)N(Cc1ccccc1)Cc1ccccc1. The fourth-order valence-corrected chi connectivity index (χ4v) is 9.27. The van der Waals surface area contributed by atoms with Crippen LogP contribution in [-0.2, 0) is 46.2 Å². The van der Waals surface area contributed by atoms with E-state index >= 15 is 0 Å². The number of sulfonamides is 2. The van der Waals surface area contributed by atoms with Crippen molar-refractivity contribution in [1.82, 2.24) is 8.61 Å². The summed E-state index contributed by atoms with van der Waals surface area (Å²) in [5.74, 6) is 0. The largest absolute Gasteiger partial charge is 0.410 e. The predicted octanol–water partition coefficient (Wildman–Crippen LogP) is 7.68. The van der Waals surface area contributed by atoms with E-state index in [2.05, 4.69) is 5.16 Å². The summed E-state index contributed by atoms with van der Waals surface area (Å²) in [6.45, 7) is 0.611. The van der Waals surface area contributed by atoms with Crippen LogP contribution in [0.5, 0.6) is 0 Å². The van der Waals surface area contributed by atoms with Crippen LogP contribution in [0.15, 0.2) is 173 Å². The van der Waals surface area contributed by atoms with E-state index in [9.17, 15) is 22.0 Å². The van der Waals surface area contributed by atoms with Gasteiger partial charge in [0.25, 0.3) is 0 Å². The van der Waals surface area contributed by atoms with E-state index in [0.29, 0.717) is 22.3 Å². The third-order valence-electron chi connectivity index (χ3n) is 8.97. The lowest BCUT2D eigenvalue weighted by atomic mass is 10.1. The maximum Gasteiger partial charge on any atom is 0.243 e. The van der Waals surface area contributed by atoms with Crippen LogP contribution in [-0.4, -0.2) is 36.4 Å². The molecule has 1 aliphatic carbocycles. The van der Waals surface area contributed by atoms with Crippen molar-refractivity contribution in [3.8, 4) is 11.1 Å². The highest BCUT2D eigenvalue weighted by Gasteiger charge is 2.33. The maximum atomic E-state index is 14.3. The summed E-state index contributed by atoms with van der Waals surface area (Å²) in [5, 5.41) is 13.9. The van der Waals surface area contributed by atoms with Crippen molar-refractivity contribution >= 4 is 25.8 Å². The van der Waals surface area contributed by atoms with Crippen molar-refractivity contribution in [2.75, 3.05) is 0 Å². The molecule has 1 aliphatic rings. The van der Waals surface area contributed by atoms with E-state index in [0.717, 1.165) is 22.3 Å². The summed E-state index contributed by atoms with van der Waals surface area (Å²) in [6.07, 6.45) is 0. The molecule has 0 aliphatic heterocycles. The monoisotopic (exact) mass is 713 g/mol. The molecule has 0 unspecified atom stereocenters. The zero-order valence-electron chi connectivity index (χ0n) is 27.6. The van der Waals surface area contributed by atoms with Crippen LogP contribution in [0, 0.1) is 0 Å². The average molecular weight is 714 g/mol. The van der Waals surface area contributed by atoms with E-state index in [-0.39, 0.29) is 41.7 Å². The summed E-state index contributed by atoms with van der Waals surface area (Å²) >= 11 is 0. The van der Waals surface area contributed by atoms with Gasteiger partial charge in [0.1, 0.15) is 5.71 Å². The van der Waals surface area contributed by atoms with Crippen LogP contribution < -0.4 is 0 Å². The predicted molar refractivity (Wildman–Crippen MR) is 198 cm³/mol. The minimum absolute atomic E-state index is 0.0341. The van der Waals surface area contributed by atoms with Crippen LogP contribution >= 0.6 is 0 Å². The average Bonchev–Trinajstić information content (AvgIpc) is 3.48. The number of oxime groups is 1. The summed E-state index contributed by atoms with van der Waals surface area (Å²) in [5.41, 5.74) is 5.53. The molecular weight excluding hydrogens is 679 g/mol. The zero-order chi connectivity index (χ0) is 35.4. The number of nitrogens with zero attached hydrogens (tertiary/aromatic N) is 3. The standard InChI is InChI=1S/C41H35N3O5S2/c45-42-41-39-25-35(50(46,47)43(27-31-13-5-1-6-14-31)28-32-15-7-2-8-16-32)21-23-37(39)38-24-22-36(26-40(38)41)51(48,49)44(29-33-17-9-3-10-18-33)30-34-19-11-4-12-20-34/h1-26,45H,27-30H2. The first kappa shape index (κ1) is 34.1. The zero-order valence-corrected chi connectivity index (χ0v) is 29.2. The molecular formula is C41H35N3O5S2. The molecule has 0 amide bonds. The third kappa shape index (κ3) is 7.13. The van der Waals surface area contributed by atoms with E-state index in [1.807, 2.05) is 121 Å². The van der Waals surface area contributed by atoms with E-state index in [4.69, 9.17) is 0 Å². The second-order valence-electron chi connectivity index (χ2n) is 12.4. The maximum absolute atomic E-state index is 14.3. The molecule has 1 N–H and O–H groups in total. The highest BCUT2D eigenvalue weighted by molar-refractivity contribution is 7.89. The van der Waals surface area contributed by atoms with Gasteiger partial charge in [0, 0.05) is 37.3 Å². The molecule has 6 aromatic carbocycles. The van der Waals surface area contributed by atoms with Gasteiger partial charge in [0.05, 0.1) is 9.79 Å². The topological polar surface area (TPSA) is 107 Å². The lowest BCUT2D eigenvalue weighted by Gasteiger charge is -2.23. The van der Waals surface area contributed by atoms with Crippen LogP contribution in [0.3, 0.4) is 0 Å². The van der Waals surface area contributed by atoms with Gasteiger partial charge in [0.2, 0.25) is 20.0 Å². The Bertz CT molecular complexity index is 2160. The van der Waals surface area contributed by atoms with E-state index in [1.165, 1.54) is 20.7 Å². The molecule has 8 nitrogen and oxygen atoms in total. The molecule has 10 heteroatoms. The van der Waals surface area contributed by atoms with E-state index in [1.54, 1.807) is 24.3 Å². The van der Waals surface area contributed by atoms with Crippen molar-refractivity contribution in [3.05, 3.63) is 191 Å². The number of fused-ring (bicyclic) bond motifs is 3. The lowest BCUT2D eigenvalue weighted by Crippen LogP contribution is -2.30. The van der Waals surface area contributed by atoms with E-state index < -0.39 is 20.0 Å². The minimum Gasteiger partial charge on any atom is -0.410 e. The fourth-order valence-electron chi connectivity index (χ4n) is 6.38. The molecule has 51 heavy (non-hydrogen) atoms. The second-order valence-corrected chi connectivity index (χ2v) is 16.2. The Morgan fingerprint density at radius 3 is 0.980 bits per heavy atom. The van der Waals surface area contributed by atoms with Crippen LogP contribution in [0.2, 0.25) is 0 Å². The Morgan fingerprint density at radius 2 is 0.706 bits per heavy atom. The van der Waals surface area contributed by atoms with Gasteiger partial charge >= 0.3 is 0 Å². The van der Waals surface area contributed by atoms with Gasteiger partial charge in [0.15, 0.2) is 0 Å². The Kier molecular flexibility index (Phi) is 9.66. The summed E-state index contributed by atoms with van der Waals surface area (Å²) in [7, 11) is -8.09. The molecule has 256 valence electrons. The molecule has 0 atom stereocenters. The Balaban J connectivity index is 1.23. The second kappa shape index (κ2) is 14.5. The van der Waals surface area contributed by atoms with Gasteiger partial charge in [-0.1, -0.05) is 139 Å². The van der Waals surface area contributed by atoms with Gasteiger partial charge in [-0.2, -0.15) is 8.61 Å². The van der Waals surface area contributed by atoms with Crippen molar-refractivity contribution in [2.45, 2.75) is 36.0 Å². The fraction of sp³-hybridized carbons (Fsp3) is 0.0976. The first-order valence-corrected chi connectivity index (χ1v) is 19.3. The molecule has 0 saturated carbocycles. The number of hydrogen-bond acceptors (Lipinski definition) is 6. The summed E-state index contributed by atoms with van der Waals surface area (Å²) in [6, 6.07) is 47.1. The van der Waals surface area contributed by atoms with Crippen molar-refractivity contribution in [3.63, 3.8) is 0 Å². The van der Waals surface area contributed by atoms with Crippen LogP contribution in [0.4, 0.5) is 0 Å². The normalized spacial score (nSPS) is 12.5. The summed E-state index contributed by atoms with van der Waals surface area (Å²) in [4.78, 5) is 0.0682. The highest BCUT2D eigenvalue weighted by atomic mass is 32.2. The van der Waals surface area contributed by atoms with Crippen molar-refractivity contribution < 1.29 is 22.0 Å². The van der Waals surface area contributed by atoms with Gasteiger partial charge < -0.3 is 5.21 Å². The minimum atomic E-state index is -4.05. The molecule has 0 heterocycles. The molecule has 0 spiro atoms. The highest BCUT2D eigenvalue weighted by Crippen LogP contribution is 2.40. The van der Waals surface area contributed by atoms with Crippen molar-refractivity contribution in [2.24, 2.45) is 5.16 Å². The quantitative estimate of drug-likeness (QED) is 0.103. The van der Waals surface area contributed by atoms with Crippen molar-refractivity contribution in [1.29, 1.82) is 0 Å². The van der Waals surface area contributed by atoms with Gasteiger partial charge in [-0.3, -0.25) is 0 Å². The molecule has 7 rings (SSSR count). The Hall–Kier alpha value is -5.39. The molecule has 0 radical (unpaired) electrons. The number of hydrogen-bond donors (Lipinski definition) is 1. The first-order chi connectivity index (χ1) is 24.7. The molecule has 0 fully saturated rings. The van der Waals surface area contributed by atoms with Crippen LogP contribution in [0.25, 0.3) is 11.1 Å². The molecule has 0 bridgehead atoms. The summed E-state index contributed by atoms with van der Waals surface area (Å²) < 4.78 is 60.1. The molecule has 6 aromatic rings.